The van der Waals surface area contributed by atoms with E-state index in [9.17, 15) is 0 Å². The van der Waals surface area contributed by atoms with E-state index >= 15 is 0 Å². The van der Waals surface area contributed by atoms with Gasteiger partial charge in [-0.3, -0.25) is 0 Å². The van der Waals surface area contributed by atoms with E-state index in [1.165, 1.54) is 5.56 Å². The number of hydrogen-bond acceptors (Lipinski definition) is 2. The Bertz CT molecular complexity index is 623. The average Bonchev–Trinajstić information content (AvgIpc) is 2.42. The highest BCUT2D eigenvalue weighted by Crippen LogP contribution is 2.31. The minimum absolute atomic E-state index is 0.425. The van der Waals surface area contributed by atoms with Gasteiger partial charge in [0, 0.05) is 23.2 Å². The molecule has 0 aliphatic carbocycles. The van der Waals surface area contributed by atoms with Crippen molar-refractivity contribution in [2.24, 2.45) is 0 Å². The molecule has 2 aromatic carbocycles. The molecule has 21 heavy (non-hydrogen) atoms. The fourth-order valence-electron chi connectivity index (χ4n) is 2.02. The predicted molar refractivity (Wildman–Crippen MR) is 89.4 cm³/mol. The molecule has 0 aliphatic heterocycles. The van der Waals surface area contributed by atoms with Gasteiger partial charge in [-0.2, -0.15) is 0 Å². The third kappa shape index (κ3) is 4.48. The van der Waals surface area contributed by atoms with Crippen LogP contribution in [0.25, 0.3) is 0 Å². The molecular weight excluding hydrogens is 282 g/mol. The Balaban J connectivity index is 2.29. The van der Waals surface area contributed by atoms with E-state index in [1.54, 1.807) is 0 Å². The molecule has 0 saturated carbocycles. The fraction of sp³-hybridized carbons (Fsp3) is 0.333. The second-order valence-corrected chi connectivity index (χ2v) is 6.10. The van der Waals surface area contributed by atoms with Crippen LogP contribution in [0.15, 0.2) is 36.4 Å². The van der Waals surface area contributed by atoms with Crippen LogP contribution in [0.1, 0.15) is 30.5 Å². The largest absolute Gasteiger partial charge is 0.457 e. The van der Waals surface area contributed by atoms with E-state index < -0.39 is 0 Å². The zero-order valence-corrected chi connectivity index (χ0v) is 13.8. The van der Waals surface area contributed by atoms with Crippen molar-refractivity contribution in [2.75, 3.05) is 0 Å². The van der Waals surface area contributed by atoms with Crippen LogP contribution in [0, 0.1) is 13.8 Å². The molecule has 2 aromatic rings. The molecule has 1 N–H and O–H groups in total. The van der Waals surface area contributed by atoms with E-state index in [0.717, 1.165) is 29.2 Å². The third-order valence-corrected chi connectivity index (χ3v) is 3.53. The summed E-state index contributed by atoms with van der Waals surface area (Å²) in [4.78, 5) is 0. The molecule has 0 heterocycles. The molecule has 3 heteroatoms. The third-order valence-electron chi connectivity index (χ3n) is 3.29. The van der Waals surface area contributed by atoms with Crippen LogP contribution in [0.4, 0.5) is 0 Å². The van der Waals surface area contributed by atoms with Crippen LogP contribution in [0.5, 0.6) is 11.5 Å². The van der Waals surface area contributed by atoms with Gasteiger partial charge in [-0.25, -0.2) is 0 Å². The van der Waals surface area contributed by atoms with E-state index in [4.69, 9.17) is 16.3 Å². The highest BCUT2D eigenvalue weighted by Gasteiger charge is 2.09. The number of halogens is 1. The second kappa shape index (κ2) is 6.97. The maximum atomic E-state index is 6.12. The van der Waals surface area contributed by atoms with Crippen molar-refractivity contribution in [1.82, 2.24) is 5.32 Å². The van der Waals surface area contributed by atoms with Gasteiger partial charge in [0.1, 0.15) is 11.5 Å². The molecule has 0 amide bonds. The molecular formula is C18H22ClNO. The molecule has 0 fully saturated rings. The lowest BCUT2D eigenvalue weighted by molar-refractivity contribution is 0.466. The van der Waals surface area contributed by atoms with Gasteiger partial charge in [0.2, 0.25) is 0 Å². The van der Waals surface area contributed by atoms with Crippen LogP contribution in [0.2, 0.25) is 5.02 Å². The topological polar surface area (TPSA) is 21.3 Å². The second-order valence-electron chi connectivity index (χ2n) is 5.66. The van der Waals surface area contributed by atoms with Gasteiger partial charge in [-0.1, -0.05) is 43.6 Å². The molecule has 0 aromatic heterocycles. The van der Waals surface area contributed by atoms with E-state index in [1.807, 2.05) is 25.1 Å². The first-order chi connectivity index (χ1) is 9.95. The fourth-order valence-corrected chi connectivity index (χ4v) is 2.18. The smallest absolute Gasteiger partial charge is 0.133 e. The molecule has 0 bridgehead atoms. The predicted octanol–water partition coefficient (Wildman–Crippen LogP) is 5.25. The lowest BCUT2D eigenvalue weighted by Crippen LogP contribution is -2.22. The zero-order valence-electron chi connectivity index (χ0n) is 13.0. The Kier molecular flexibility index (Phi) is 5.27. The highest BCUT2D eigenvalue weighted by molar-refractivity contribution is 6.30. The van der Waals surface area contributed by atoms with Crippen molar-refractivity contribution < 1.29 is 4.74 Å². The van der Waals surface area contributed by atoms with Crippen LogP contribution >= 0.6 is 11.6 Å². The first-order valence-corrected chi connectivity index (χ1v) is 7.60. The summed E-state index contributed by atoms with van der Waals surface area (Å²) in [7, 11) is 0. The maximum absolute atomic E-state index is 6.12. The average molecular weight is 304 g/mol. The molecule has 0 unspecified atom stereocenters. The number of aryl methyl sites for hydroxylation is 2. The molecule has 0 aliphatic rings. The van der Waals surface area contributed by atoms with Gasteiger partial charge in [0.15, 0.2) is 0 Å². The van der Waals surface area contributed by atoms with Gasteiger partial charge in [0.05, 0.1) is 0 Å². The summed E-state index contributed by atoms with van der Waals surface area (Å²) < 4.78 is 6.11. The van der Waals surface area contributed by atoms with Gasteiger partial charge < -0.3 is 10.1 Å². The van der Waals surface area contributed by atoms with Crippen LogP contribution in [-0.4, -0.2) is 6.04 Å². The summed E-state index contributed by atoms with van der Waals surface area (Å²) in [5.74, 6) is 1.69. The molecule has 112 valence electrons. The molecule has 0 saturated heterocycles. The van der Waals surface area contributed by atoms with Crippen LogP contribution < -0.4 is 10.1 Å². The molecule has 0 radical (unpaired) electrons. The minimum Gasteiger partial charge on any atom is -0.457 e. The SMILES string of the molecule is Cc1ccc(C)c(Oc2cc(Cl)ccc2CNC(C)C)c1. The summed E-state index contributed by atoms with van der Waals surface area (Å²) in [6.07, 6.45) is 0. The number of ether oxygens (including phenoxy) is 1. The summed E-state index contributed by atoms with van der Waals surface area (Å²) in [6.45, 7) is 9.12. The van der Waals surface area contributed by atoms with Crippen LogP contribution in [-0.2, 0) is 6.54 Å². The highest BCUT2D eigenvalue weighted by atomic mass is 35.5. The molecule has 2 rings (SSSR count). The zero-order chi connectivity index (χ0) is 15.4. The Morgan fingerprint density at radius 1 is 1.05 bits per heavy atom. The molecule has 0 spiro atoms. The normalized spacial score (nSPS) is 11.0. The van der Waals surface area contributed by atoms with Crippen molar-refractivity contribution in [3.8, 4) is 11.5 Å². The Labute approximate surface area is 132 Å². The quantitative estimate of drug-likeness (QED) is 0.815. The number of nitrogens with one attached hydrogen (secondary N) is 1. The van der Waals surface area contributed by atoms with E-state index in [2.05, 4.69) is 44.3 Å². The van der Waals surface area contributed by atoms with Crippen molar-refractivity contribution in [3.05, 3.63) is 58.1 Å². The molecule has 0 atom stereocenters. The van der Waals surface area contributed by atoms with Crippen molar-refractivity contribution >= 4 is 11.6 Å². The van der Waals surface area contributed by atoms with Crippen molar-refractivity contribution in [2.45, 2.75) is 40.3 Å². The first kappa shape index (κ1) is 15.9. The standard InChI is InChI=1S/C18H22ClNO/c1-12(2)20-11-15-7-8-16(19)10-18(15)21-17-9-13(3)5-6-14(17)4/h5-10,12,20H,11H2,1-4H3. The van der Waals surface area contributed by atoms with Crippen LogP contribution in [0.3, 0.4) is 0 Å². The summed E-state index contributed by atoms with van der Waals surface area (Å²) in [5.41, 5.74) is 3.40. The van der Waals surface area contributed by atoms with Crippen molar-refractivity contribution in [3.63, 3.8) is 0 Å². The van der Waals surface area contributed by atoms with Gasteiger partial charge >= 0.3 is 0 Å². The van der Waals surface area contributed by atoms with Gasteiger partial charge in [-0.05, 0) is 43.2 Å². The Hall–Kier alpha value is -1.51. The first-order valence-electron chi connectivity index (χ1n) is 7.22. The monoisotopic (exact) mass is 303 g/mol. The Morgan fingerprint density at radius 2 is 1.81 bits per heavy atom. The number of hydrogen-bond donors (Lipinski definition) is 1. The maximum Gasteiger partial charge on any atom is 0.133 e. The van der Waals surface area contributed by atoms with Gasteiger partial charge in [-0.15, -0.1) is 0 Å². The lowest BCUT2D eigenvalue weighted by atomic mass is 10.1. The summed E-state index contributed by atoms with van der Waals surface area (Å²) in [5, 5.41) is 4.09. The molecule has 2 nitrogen and oxygen atoms in total. The lowest BCUT2D eigenvalue weighted by Gasteiger charge is -2.15. The van der Waals surface area contributed by atoms with Crippen molar-refractivity contribution in [1.29, 1.82) is 0 Å². The summed E-state index contributed by atoms with van der Waals surface area (Å²) in [6, 6.07) is 12.4. The van der Waals surface area contributed by atoms with E-state index in [-0.39, 0.29) is 0 Å². The summed E-state index contributed by atoms with van der Waals surface area (Å²) >= 11 is 6.12. The minimum atomic E-state index is 0.425. The number of benzene rings is 2. The Morgan fingerprint density at radius 3 is 2.52 bits per heavy atom. The number of rotatable bonds is 5. The van der Waals surface area contributed by atoms with E-state index in [0.29, 0.717) is 11.1 Å². The van der Waals surface area contributed by atoms with Gasteiger partial charge in [0.25, 0.3) is 0 Å².